The summed E-state index contributed by atoms with van der Waals surface area (Å²) >= 11 is 1.34. The predicted molar refractivity (Wildman–Crippen MR) is 117 cm³/mol. The van der Waals surface area contributed by atoms with Crippen LogP contribution in [0.4, 0.5) is 4.39 Å². The number of carbonyl (C=O) groups is 2. The summed E-state index contributed by atoms with van der Waals surface area (Å²) in [4.78, 5) is 46.1. The summed E-state index contributed by atoms with van der Waals surface area (Å²) in [6.45, 7) is 0.106. The highest BCUT2D eigenvalue weighted by atomic mass is 32.2. The number of nitrogens with zero attached hydrogens (tertiary/aromatic N) is 2. The highest BCUT2D eigenvalue weighted by Crippen LogP contribution is 2.24. The maximum Gasteiger partial charge on any atom is 0.258 e. The third-order valence-corrected chi connectivity index (χ3v) is 6.47. The first-order valence-corrected chi connectivity index (χ1v) is 10.9. The fourth-order valence-electron chi connectivity index (χ4n) is 3.52. The summed E-state index contributed by atoms with van der Waals surface area (Å²) in [6.07, 6.45) is 0.266. The fraction of sp³-hybridized carbons (Fsp3) is 0.273. The zero-order valence-electron chi connectivity index (χ0n) is 16.8. The van der Waals surface area contributed by atoms with Crippen molar-refractivity contribution in [3.8, 4) is 0 Å². The van der Waals surface area contributed by atoms with E-state index in [1.807, 2.05) is 0 Å². The maximum atomic E-state index is 13.9. The van der Waals surface area contributed by atoms with E-state index in [2.05, 4.69) is 15.3 Å². The van der Waals surface area contributed by atoms with E-state index >= 15 is 0 Å². The molecule has 1 fully saturated rings. The number of thioether (sulfide) groups is 1. The Balaban J connectivity index is 1.39. The Morgan fingerprint density at radius 2 is 1.94 bits per heavy atom. The van der Waals surface area contributed by atoms with Crippen molar-refractivity contribution in [2.75, 3.05) is 12.8 Å². The van der Waals surface area contributed by atoms with Gasteiger partial charge in [0.15, 0.2) is 0 Å². The summed E-state index contributed by atoms with van der Waals surface area (Å²) in [5.74, 6) is -0.155. The first-order chi connectivity index (χ1) is 14.9. The van der Waals surface area contributed by atoms with E-state index in [-0.39, 0.29) is 36.2 Å². The highest BCUT2D eigenvalue weighted by molar-refractivity contribution is 8.00. The average Bonchev–Trinajstić information content (AvgIpc) is 2.76. The Kier molecular flexibility index (Phi) is 6.03. The molecule has 2 aromatic carbocycles. The summed E-state index contributed by atoms with van der Waals surface area (Å²) in [5, 5.41) is 2.78. The molecular formula is C22H21FN4O3S. The Morgan fingerprint density at radius 3 is 2.71 bits per heavy atom. The maximum absolute atomic E-state index is 13.9. The molecule has 0 aliphatic carbocycles. The number of hydrogen-bond donors (Lipinski definition) is 2. The van der Waals surface area contributed by atoms with Crippen molar-refractivity contribution in [2.45, 2.75) is 24.3 Å². The largest absolute Gasteiger partial charge is 0.343 e. The topological polar surface area (TPSA) is 95.2 Å². The first kappa shape index (κ1) is 21.0. The van der Waals surface area contributed by atoms with Crippen LogP contribution in [0.2, 0.25) is 0 Å². The quantitative estimate of drug-likeness (QED) is 0.632. The summed E-state index contributed by atoms with van der Waals surface area (Å²) in [5.41, 5.74) is 0.766. The SMILES string of the molecule is CN(Cc1nc2ccccc2c(=O)[nH]1)C(=O)[C@@H]1CS[C@H](Cc2ccccc2F)C(=O)N1. The van der Waals surface area contributed by atoms with Crippen LogP contribution in [0.3, 0.4) is 0 Å². The molecule has 2 amide bonds. The number of para-hydroxylation sites is 1. The Labute approximate surface area is 182 Å². The van der Waals surface area contributed by atoms with Crippen molar-refractivity contribution in [2.24, 2.45) is 0 Å². The fourth-order valence-corrected chi connectivity index (χ4v) is 4.69. The smallest absolute Gasteiger partial charge is 0.258 e. The van der Waals surface area contributed by atoms with Gasteiger partial charge in [0, 0.05) is 12.8 Å². The lowest BCUT2D eigenvalue weighted by atomic mass is 10.1. The molecule has 0 saturated carbocycles. The third-order valence-electron chi connectivity index (χ3n) is 5.16. The number of benzene rings is 2. The number of amides is 2. The summed E-state index contributed by atoms with van der Waals surface area (Å²) in [6, 6.07) is 12.7. The van der Waals surface area contributed by atoms with Crippen LogP contribution in [-0.2, 0) is 22.6 Å². The summed E-state index contributed by atoms with van der Waals surface area (Å²) in [7, 11) is 1.60. The molecule has 1 saturated heterocycles. The zero-order chi connectivity index (χ0) is 22.0. The van der Waals surface area contributed by atoms with E-state index in [9.17, 15) is 18.8 Å². The van der Waals surface area contributed by atoms with Crippen molar-refractivity contribution in [1.82, 2.24) is 20.2 Å². The van der Waals surface area contributed by atoms with Crippen LogP contribution in [-0.4, -0.2) is 50.8 Å². The second-order valence-electron chi connectivity index (χ2n) is 7.40. The van der Waals surface area contributed by atoms with Crippen molar-refractivity contribution in [3.05, 3.63) is 76.1 Å². The molecule has 2 N–H and O–H groups in total. The van der Waals surface area contributed by atoms with Gasteiger partial charge in [-0.1, -0.05) is 30.3 Å². The normalized spacial score (nSPS) is 18.6. The van der Waals surface area contributed by atoms with Crippen LogP contribution < -0.4 is 10.9 Å². The molecule has 160 valence electrons. The molecular weight excluding hydrogens is 419 g/mol. The molecule has 4 rings (SSSR count). The van der Waals surface area contributed by atoms with Crippen molar-refractivity contribution in [1.29, 1.82) is 0 Å². The second-order valence-corrected chi connectivity index (χ2v) is 8.64. The lowest BCUT2D eigenvalue weighted by Gasteiger charge is -2.30. The standard InChI is InChI=1S/C22H21FN4O3S/c1-27(11-19-24-16-9-5-3-7-14(16)20(28)26-19)22(30)17-12-31-18(21(29)25-17)10-13-6-2-4-8-15(13)23/h2-9,17-18H,10-12H2,1H3,(H,25,29)(H,24,26,28)/t17-,18+/m0/s1. The van der Waals surface area contributed by atoms with Gasteiger partial charge in [0.05, 0.1) is 22.7 Å². The number of carbonyl (C=O) groups excluding carboxylic acids is 2. The van der Waals surface area contributed by atoms with Crippen molar-refractivity contribution in [3.63, 3.8) is 0 Å². The monoisotopic (exact) mass is 440 g/mol. The lowest BCUT2D eigenvalue weighted by molar-refractivity contribution is -0.135. The molecule has 1 aromatic heterocycles. The van der Waals surface area contributed by atoms with Crippen LogP contribution in [0.5, 0.6) is 0 Å². The number of aromatic nitrogens is 2. The van der Waals surface area contributed by atoms with Crippen LogP contribution in [0.1, 0.15) is 11.4 Å². The van der Waals surface area contributed by atoms with Gasteiger partial charge in [-0.05, 0) is 30.2 Å². The molecule has 9 heteroatoms. The molecule has 0 spiro atoms. The van der Waals surface area contributed by atoms with Gasteiger partial charge < -0.3 is 15.2 Å². The van der Waals surface area contributed by atoms with Gasteiger partial charge in [-0.15, -0.1) is 11.8 Å². The van der Waals surface area contributed by atoms with Gasteiger partial charge in [0.1, 0.15) is 17.7 Å². The molecule has 2 atom stereocenters. The number of nitrogens with one attached hydrogen (secondary N) is 2. The molecule has 0 bridgehead atoms. The van der Waals surface area contributed by atoms with Crippen LogP contribution in [0.15, 0.2) is 53.3 Å². The van der Waals surface area contributed by atoms with E-state index in [4.69, 9.17) is 0 Å². The molecule has 1 aliphatic heterocycles. The van der Waals surface area contributed by atoms with Crippen molar-refractivity contribution < 1.29 is 14.0 Å². The van der Waals surface area contributed by atoms with Gasteiger partial charge in [-0.2, -0.15) is 0 Å². The number of aromatic amines is 1. The number of halogens is 1. The van der Waals surface area contributed by atoms with Gasteiger partial charge in [0.25, 0.3) is 5.56 Å². The Morgan fingerprint density at radius 1 is 1.19 bits per heavy atom. The minimum atomic E-state index is -0.688. The molecule has 2 heterocycles. The zero-order valence-corrected chi connectivity index (χ0v) is 17.6. The molecule has 7 nitrogen and oxygen atoms in total. The first-order valence-electron chi connectivity index (χ1n) is 9.80. The molecule has 1 aliphatic rings. The van der Waals surface area contributed by atoms with Gasteiger partial charge in [-0.25, -0.2) is 9.37 Å². The van der Waals surface area contributed by atoms with Crippen LogP contribution in [0, 0.1) is 5.82 Å². The van der Waals surface area contributed by atoms with E-state index < -0.39 is 11.3 Å². The average molecular weight is 441 g/mol. The van der Waals surface area contributed by atoms with Gasteiger partial charge >= 0.3 is 0 Å². The third kappa shape index (κ3) is 4.61. The number of likely N-dealkylation sites (N-methyl/N-ethyl adjacent to an activating group) is 1. The second kappa shape index (κ2) is 8.89. The van der Waals surface area contributed by atoms with Crippen LogP contribution >= 0.6 is 11.8 Å². The number of H-pyrrole nitrogens is 1. The van der Waals surface area contributed by atoms with E-state index in [0.29, 0.717) is 28.0 Å². The Hall–Kier alpha value is -3.20. The molecule has 3 aromatic rings. The van der Waals surface area contributed by atoms with Gasteiger partial charge in [-0.3, -0.25) is 14.4 Å². The number of rotatable bonds is 5. The lowest BCUT2D eigenvalue weighted by Crippen LogP contribution is -2.54. The number of fused-ring (bicyclic) bond motifs is 1. The summed E-state index contributed by atoms with van der Waals surface area (Å²) < 4.78 is 13.9. The number of hydrogen-bond acceptors (Lipinski definition) is 5. The van der Waals surface area contributed by atoms with Gasteiger partial charge in [0.2, 0.25) is 11.8 Å². The molecule has 0 radical (unpaired) electrons. The van der Waals surface area contributed by atoms with E-state index in [1.54, 1.807) is 49.5 Å². The minimum Gasteiger partial charge on any atom is -0.343 e. The highest BCUT2D eigenvalue weighted by Gasteiger charge is 2.34. The molecule has 31 heavy (non-hydrogen) atoms. The molecule has 0 unspecified atom stereocenters. The Bertz CT molecular complexity index is 1200. The van der Waals surface area contributed by atoms with Crippen molar-refractivity contribution >= 4 is 34.5 Å². The predicted octanol–water partition coefficient (Wildman–Crippen LogP) is 1.86. The van der Waals surface area contributed by atoms with E-state index in [1.165, 1.54) is 22.7 Å². The van der Waals surface area contributed by atoms with E-state index in [0.717, 1.165) is 0 Å². The minimum absolute atomic E-state index is 0.106. The van der Waals surface area contributed by atoms with Crippen LogP contribution in [0.25, 0.3) is 10.9 Å².